The molecule has 1 N–H and O–H groups in total. The number of hydrogen-bond donors (Lipinski definition) is 1. The number of nitrogens with zero attached hydrogens (tertiary/aromatic N) is 5. The number of amides is 1. The first-order chi connectivity index (χ1) is 14.5. The highest BCUT2D eigenvalue weighted by Crippen LogP contribution is 2.34. The maximum absolute atomic E-state index is 13.0. The Hall–Kier alpha value is -3.00. The number of hydrogen-bond acceptors (Lipinski definition) is 5. The summed E-state index contributed by atoms with van der Waals surface area (Å²) in [4.78, 5) is 19.8. The summed E-state index contributed by atoms with van der Waals surface area (Å²) in [5, 5.41) is 13.0. The first-order valence-electron chi connectivity index (χ1n) is 10.2. The molecule has 1 aliphatic heterocycles. The number of fused-ring (bicyclic) bond motifs is 1. The minimum atomic E-state index is 0.00990. The molecule has 154 valence electrons. The third-order valence-electron chi connectivity index (χ3n) is 6.02. The van der Waals surface area contributed by atoms with Crippen LogP contribution in [0.25, 0.3) is 21.5 Å². The van der Waals surface area contributed by atoms with Gasteiger partial charge in [0.05, 0.1) is 26.6 Å². The van der Waals surface area contributed by atoms with Crippen LogP contribution in [0.15, 0.2) is 30.3 Å². The summed E-state index contributed by atoms with van der Waals surface area (Å²) in [5.74, 6) is 0.431. The molecule has 4 heterocycles. The lowest BCUT2D eigenvalue weighted by Gasteiger charge is -2.30. The van der Waals surface area contributed by atoms with Gasteiger partial charge in [0.1, 0.15) is 5.69 Å². The van der Waals surface area contributed by atoms with Crippen LogP contribution in [0.3, 0.4) is 0 Å². The summed E-state index contributed by atoms with van der Waals surface area (Å²) in [5.41, 5.74) is 5.31. The van der Waals surface area contributed by atoms with Crippen molar-refractivity contribution in [1.29, 1.82) is 0 Å². The predicted molar refractivity (Wildman–Crippen MR) is 118 cm³/mol. The normalized spacial score (nSPS) is 15.2. The zero-order valence-corrected chi connectivity index (χ0v) is 18.2. The summed E-state index contributed by atoms with van der Waals surface area (Å²) < 4.78 is 3.07. The number of rotatable bonds is 3. The Morgan fingerprint density at radius 1 is 1.20 bits per heavy atom. The van der Waals surface area contributed by atoms with E-state index < -0.39 is 0 Å². The van der Waals surface area contributed by atoms with Gasteiger partial charge in [-0.2, -0.15) is 10.2 Å². The number of likely N-dealkylation sites (tertiary alicyclic amines) is 1. The zero-order valence-electron chi connectivity index (χ0n) is 17.3. The van der Waals surface area contributed by atoms with E-state index in [1.807, 2.05) is 42.6 Å². The maximum Gasteiger partial charge on any atom is 0.271 e. The van der Waals surface area contributed by atoms with Gasteiger partial charge < -0.3 is 4.90 Å². The van der Waals surface area contributed by atoms with Gasteiger partial charge in [-0.25, -0.2) is 4.98 Å². The zero-order chi connectivity index (χ0) is 20.8. The monoisotopic (exact) mass is 420 g/mol. The van der Waals surface area contributed by atoms with Crippen molar-refractivity contribution in [2.45, 2.75) is 32.6 Å². The molecule has 30 heavy (non-hydrogen) atoms. The van der Waals surface area contributed by atoms with Gasteiger partial charge >= 0.3 is 0 Å². The van der Waals surface area contributed by atoms with Crippen molar-refractivity contribution in [1.82, 2.24) is 29.9 Å². The van der Waals surface area contributed by atoms with E-state index in [9.17, 15) is 4.79 Å². The largest absolute Gasteiger partial charge is 0.337 e. The van der Waals surface area contributed by atoms with Crippen LogP contribution in [-0.2, 0) is 7.05 Å². The fourth-order valence-electron chi connectivity index (χ4n) is 4.27. The van der Waals surface area contributed by atoms with Gasteiger partial charge in [-0.3, -0.25) is 14.6 Å². The molecule has 0 radical (unpaired) electrons. The Kier molecular flexibility index (Phi) is 4.66. The van der Waals surface area contributed by atoms with Crippen molar-refractivity contribution >= 4 is 27.5 Å². The Bertz CT molecular complexity index is 1190. The van der Waals surface area contributed by atoms with Crippen molar-refractivity contribution in [3.63, 3.8) is 0 Å². The lowest BCUT2D eigenvalue weighted by atomic mass is 9.97. The van der Waals surface area contributed by atoms with Crippen LogP contribution in [0.5, 0.6) is 0 Å². The van der Waals surface area contributed by atoms with Gasteiger partial charge in [0.2, 0.25) is 0 Å². The van der Waals surface area contributed by atoms with Crippen LogP contribution >= 0.6 is 11.3 Å². The lowest BCUT2D eigenvalue weighted by Crippen LogP contribution is -2.38. The predicted octanol–water partition coefficient (Wildman–Crippen LogP) is 4.06. The molecule has 0 atom stereocenters. The first-order valence-corrected chi connectivity index (χ1v) is 11.0. The molecule has 1 aromatic carbocycles. The van der Waals surface area contributed by atoms with Crippen molar-refractivity contribution in [2.75, 3.05) is 13.1 Å². The van der Waals surface area contributed by atoms with Gasteiger partial charge in [-0.05, 0) is 44.9 Å². The molecule has 5 rings (SSSR count). The van der Waals surface area contributed by atoms with Crippen LogP contribution in [0.4, 0.5) is 0 Å². The molecule has 1 saturated heterocycles. The molecule has 0 saturated carbocycles. The number of aromatic nitrogens is 5. The maximum atomic E-state index is 13.0. The topological polar surface area (TPSA) is 79.7 Å². The van der Waals surface area contributed by atoms with Crippen LogP contribution in [0.2, 0.25) is 0 Å². The molecule has 0 spiro atoms. The molecule has 7 nitrogen and oxygen atoms in total. The van der Waals surface area contributed by atoms with Gasteiger partial charge in [0.25, 0.3) is 5.91 Å². The van der Waals surface area contributed by atoms with Crippen LogP contribution in [0.1, 0.15) is 45.6 Å². The Morgan fingerprint density at radius 3 is 2.67 bits per heavy atom. The standard InChI is InChI=1S/C22H24N6OS/c1-13-20(14(2)27(3)26-13)17-12-18(25-24-17)22(29)28-10-8-15(9-11-28)21-23-16-6-4-5-7-19(16)30-21/h4-7,12,15H,8-11H2,1-3H3,(H,24,25). The average Bonchev–Trinajstić information content (AvgIpc) is 3.45. The van der Waals surface area contributed by atoms with Crippen molar-refractivity contribution in [3.8, 4) is 11.3 Å². The van der Waals surface area contributed by atoms with E-state index >= 15 is 0 Å². The fourth-order valence-corrected chi connectivity index (χ4v) is 5.40. The summed E-state index contributed by atoms with van der Waals surface area (Å²) >= 11 is 1.78. The molecule has 1 fully saturated rings. The van der Waals surface area contributed by atoms with E-state index in [0.717, 1.165) is 54.1 Å². The molecule has 0 bridgehead atoms. The third-order valence-corrected chi connectivity index (χ3v) is 7.21. The van der Waals surface area contributed by atoms with Gasteiger partial charge in [-0.1, -0.05) is 12.1 Å². The second kappa shape index (κ2) is 7.36. The van der Waals surface area contributed by atoms with E-state index in [4.69, 9.17) is 4.98 Å². The lowest BCUT2D eigenvalue weighted by molar-refractivity contribution is 0.0707. The summed E-state index contributed by atoms with van der Waals surface area (Å²) in [6.07, 6.45) is 1.88. The van der Waals surface area contributed by atoms with Crippen molar-refractivity contribution < 1.29 is 4.79 Å². The molecule has 1 amide bonds. The quantitative estimate of drug-likeness (QED) is 0.542. The van der Waals surface area contributed by atoms with Crippen LogP contribution in [-0.4, -0.2) is 48.9 Å². The second-order valence-electron chi connectivity index (χ2n) is 7.92. The van der Waals surface area contributed by atoms with Gasteiger partial charge in [0, 0.05) is 37.3 Å². The van der Waals surface area contributed by atoms with E-state index in [-0.39, 0.29) is 5.91 Å². The molecular formula is C22H24N6OS. The highest BCUT2D eigenvalue weighted by atomic mass is 32.1. The number of carbonyl (C=O) groups excluding carboxylic acids is 1. The highest BCUT2D eigenvalue weighted by Gasteiger charge is 2.28. The van der Waals surface area contributed by atoms with Crippen molar-refractivity contribution in [3.05, 3.63) is 52.4 Å². The summed E-state index contributed by atoms with van der Waals surface area (Å²) in [6.45, 7) is 5.45. The summed E-state index contributed by atoms with van der Waals surface area (Å²) in [6, 6.07) is 10.1. The number of aromatic amines is 1. The fraction of sp³-hybridized carbons (Fsp3) is 0.364. The van der Waals surface area contributed by atoms with Gasteiger partial charge in [0.15, 0.2) is 0 Å². The molecule has 0 unspecified atom stereocenters. The molecule has 0 aliphatic carbocycles. The first kappa shape index (κ1) is 19.0. The van der Waals surface area contributed by atoms with E-state index in [1.165, 1.54) is 9.71 Å². The van der Waals surface area contributed by atoms with Crippen LogP contribution < -0.4 is 0 Å². The average molecular weight is 421 g/mol. The minimum absolute atomic E-state index is 0.00990. The van der Waals surface area contributed by atoms with Gasteiger partial charge in [-0.15, -0.1) is 11.3 Å². The SMILES string of the molecule is Cc1nn(C)c(C)c1-c1cc(C(=O)N2CCC(c3nc4ccccc4s3)CC2)[nH]n1. The Morgan fingerprint density at radius 2 is 1.97 bits per heavy atom. The molecule has 8 heteroatoms. The van der Waals surface area contributed by atoms with E-state index in [2.05, 4.69) is 33.5 Å². The van der Waals surface area contributed by atoms with Crippen molar-refractivity contribution in [2.24, 2.45) is 7.05 Å². The Balaban J connectivity index is 1.28. The minimum Gasteiger partial charge on any atom is -0.337 e. The number of H-pyrrole nitrogens is 1. The number of carbonyl (C=O) groups is 1. The van der Waals surface area contributed by atoms with Crippen LogP contribution in [0, 0.1) is 13.8 Å². The van der Waals surface area contributed by atoms with E-state index in [0.29, 0.717) is 11.6 Å². The number of nitrogens with one attached hydrogen (secondary N) is 1. The molecule has 3 aromatic heterocycles. The molecule has 1 aliphatic rings. The number of thiazole rings is 1. The number of para-hydroxylation sites is 1. The second-order valence-corrected chi connectivity index (χ2v) is 8.98. The number of piperidine rings is 1. The third kappa shape index (κ3) is 3.21. The smallest absolute Gasteiger partial charge is 0.271 e. The summed E-state index contributed by atoms with van der Waals surface area (Å²) in [7, 11) is 1.92. The molecular weight excluding hydrogens is 396 g/mol. The number of aryl methyl sites for hydroxylation is 2. The highest BCUT2D eigenvalue weighted by molar-refractivity contribution is 7.18. The van der Waals surface area contributed by atoms with E-state index in [1.54, 1.807) is 11.3 Å². The number of benzene rings is 1. The molecule has 4 aromatic rings. The Labute approximate surface area is 178 Å².